The third-order valence-electron chi connectivity index (χ3n) is 3.55. The number of hydrogen-bond acceptors (Lipinski definition) is 6. The van der Waals surface area contributed by atoms with E-state index in [1.54, 1.807) is 5.38 Å². The van der Waals surface area contributed by atoms with Crippen molar-refractivity contribution in [2.45, 2.75) is 31.7 Å². The Hall–Kier alpha value is -1.91. The zero-order valence-electron chi connectivity index (χ0n) is 12.5. The van der Waals surface area contributed by atoms with E-state index in [1.165, 1.54) is 18.4 Å². The molecule has 1 fully saturated rings. The molecule has 2 rings (SSSR count). The molecule has 118 valence electrons. The number of carbonyl (C=O) groups is 2. The number of amides is 1. The Bertz CT molecular complexity index is 579. The van der Waals surface area contributed by atoms with E-state index in [4.69, 9.17) is 6.42 Å². The molecule has 1 aliphatic rings. The van der Waals surface area contributed by atoms with Gasteiger partial charge in [0.2, 0.25) is 5.91 Å². The molecule has 22 heavy (non-hydrogen) atoms. The first-order valence-corrected chi connectivity index (χ1v) is 8.01. The summed E-state index contributed by atoms with van der Waals surface area (Å²) in [6.07, 6.45) is 8.35. The zero-order valence-corrected chi connectivity index (χ0v) is 13.3. The molecular formula is C15H19N3O3S. The van der Waals surface area contributed by atoms with Gasteiger partial charge in [0, 0.05) is 5.38 Å². The van der Waals surface area contributed by atoms with Gasteiger partial charge in [-0.25, -0.2) is 4.98 Å². The highest BCUT2D eigenvalue weighted by Crippen LogP contribution is 2.20. The second-order valence-electron chi connectivity index (χ2n) is 5.07. The molecule has 1 aromatic heterocycles. The first-order valence-electron chi connectivity index (χ1n) is 7.13. The van der Waals surface area contributed by atoms with Crippen LogP contribution < -0.4 is 5.32 Å². The predicted octanol–water partition coefficient (Wildman–Crippen LogP) is 1.28. The van der Waals surface area contributed by atoms with Crippen LogP contribution >= 0.6 is 11.3 Å². The lowest BCUT2D eigenvalue weighted by molar-refractivity contribution is -0.139. The fourth-order valence-electron chi connectivity index (χ4n) is 2.45. The van der Waals surface area contributed by atoms with E-state index in [-0.39, 0.29) is 24.3 Å². The highest BCUT2D eigenvalue weighted by molar-refractivity contribution is 7.13. The van der Waals surface area contributed by atoms with Crippen molar-refractivity contribution in [1.82, 2.24) is 9.88 Å². The number of anilines is 1. The minimum absolute atomic E-state index is 0.0890. The number of rotatable bonds is 5. The van der Waals surface area contributed by atoms with E-state index >= 15 is 0 Å². The van der Waals surface area contributed by atoms with Gasteiger partial charge in [0.25, 0.3) is 0 Å². The van der Waals surface area contributed by atoms with E-state index < -0.39 is 0 Å². The van der Waals surface area contributed by atoms with Crippen LogP contribution in [0.5, 0.6) is 0 Å². The van der Waals surface area contributed by atoms with Crippen molar-refractivity contribution in [2.75, 3.05) is 25.5 Å². The number of terminal acetylenes is 1. The Morgan fingerprint density at radius 3 is 3.14 bits per heavy atom. The van der Waals surface area contributed by atoms with Gasteiger partial charge in [-0.3, -0.25) is 14.5 Å². The number of piperidine rings is 1. The molecule has 1 amide bonds. The zero-order chi connectivity index (χ0) is 15.9. The van der Waals surface area contributed by atoms with Crippen molar-refractivity contribution in [2.24, 2.45) is 0 Å². The molecule has 1 atom stereocenters. The SMILES string of the molecule is C#CCN1CCCC[C@H]1C(=O)Nc1nc(CC(=O)OC)cs1. The summed E-state index contributed by atoms with van der Waals surface area (Å²) in [7, 11) is 1.33. The van der Waals surface area contributed by atoms with E-state index in [1.807, 2.05) is 4.90 Å². The number of esters is 1. The molecule has 0 saturated carbocycles. The molecule has 0 bridgehead atoms. The molecule has 1 N–H and O–H groups in total. The Morgan fingerprint density at radius 1 is 1.59 bits per heavy atom. The van der Waals surface area contributed by atoms with Crippen molar-refractivity contribution in [3.05, 3.63) is 11.1 Å². The van der Waals surface area contributed by atoms with Crippen LogP contribution in [0.15, 0.2) is 5.38 Å². The molecule has 1 saturated heterocycles. The molecule has 1 aliphatic heterocycles. The Morgan fingerprint density at radius 2 is 2.41 bits per heavy atom. The summed E-state index contributed by atoms with van der Waals surface area (Å²) in [4.78, 5) is 29.8. The van der Waals surface area contributed by atoms with Gasteiger partial charge in [-0.1, -0.05) is 12.3 Å². The highest BCUT2D eigenvalue weighted by Gasteiger charge is 2.28. The van der Waals surface area contributed by atoms with Gasteiger partial charge in [-0.05, 0) is 19.4 Å². The monoisotopic (exact) mass is 321 g/mol. The average Bonchev–Trinajstić information content (AvgIpc) is 2.95. The van der Waals surface area contributed by atoms with Gasteiger partial charge in [0.15, 0.2) is 5.13 Å². The van der Waals surface area contributed by atoms with Gasteiger partial charge in [-0.15, -0.1) is 17.8 Å². The molecule has 2 heterocycles. The van der Waals surface area contributed by atoms with Crippen LogP contribution in [0.3, 0.4) is 0 Å². The standard InChI is InChI=1S/C15H19N3O3S/c1-3-7-18-8-5-4-6-12(18)14(20)17-15-16-11(10-22-15)9-13(19)21-2/h1,10,12H,4-9H2,2H3,(H,16,17,20)/t12-/m0/s1. The maximum absolute atomic E-state index is 12.4. The number of methoxy groups -OCH3 is 1. The largest absolute Gasteiger partial charge is 0.469 e. The number of hydrogen-bond donors (Lipinski definition) is 1. The number of likely N-dealkylation sites (tertiary alicyclic amines) is 1. The lowest BCUT2D eigenvalue weighted by atomic mass is 10.0. The summed E-state index contributed by atoms with van der Waals surface area (Å²) < 4.78 is 4.59. The number of nitrogens with one attached hydrogen (secondary N) is 1. The molecule has 0 aromatic carbocycles. The average molecular weight is 321 g/mol. The van der Waals surface area contributed by atoms with Gasteiger partial charge in [0.1, 0.15) is 0 Å². The molecule has 0 unspecified atom stereocenters. The summed E-state index contributed by atoms with van der Waals surface area (Å²) in [5.41, 5.74) is 0.594. The quantitative estimate of drug-likeness (QED) is 0.653. The van der Waals surface area contributed by atoms with Crippen LogP contribution in [0.2, 0.25) is 0 Å². The first kappa shape index (κ1) is 16.5. The lowest BCUT2D eigenvalue weighted by Gasteiger charge is -2.32. The van der Waals surface area contributed by atoms with E-state index in [0.29, 0.717) is 17.4 Å². The Balaban J connectivity index is 1.96. The van der Waals surface area contributed by atoms with Crippen LogP contribution in [0.4, 0.5) is 5.13 Å². The summed E-state index contributed by atoms with van der Waals surface area (Å²) in [6.45, 7) is 1.32. The van der Waals surface area contributed by atoms with Gasteiger partial charge < -0.3 is 10.1 Å². The Labute approximate surface area is 133 Å². The summed E-state index contributed by atoms with van der Waals surface area (Å²) in [6, 6.07) is -0.210. The van der Waals surface area contributed by atoms with Crippen LogP contribution in [0, 0.1) is 12.3 Å². The first-order chi connectivity index (χ1) is 10.6. The summed E-state index contributed by atoms with van der Waals surface area (Å²) in [5.74, 6) is 2.16. The van der Waals surface area contributed by atoms with Crippen LogP contribution in [-0.2, 0) is 20.7 Å². The second-order valence-corrected chi connectivity index (χ2v) is 5.93. The topological polar surface area (TPSA) is 71.5 Å². The van der Waals surface area contributed by atoms with Gasteiger partial charge in [0.05, 0.1) is 31.8 Å². The molecule has 6 nitrogen and oxygen atoms in total. The van der Waals surface area contributed by atoms with Crippen molar-refractivity contribution in [3.8, 4) is 12.3 Å². The van der Waals surface area contributed by atoms with Gasteiger partial charge in [-0.2, -0.15) is 0 Å². The van der Waals surface area contributed by atoms with Crippen LogP contribution in [0.25, 0.3) is 0 Å². The molecule has 7 heteroatoms. The van der Waals surface area contributed by atoms with E-state index in [0.717, 1.165) is 25.8 Å². The normalized spacial score (nSPS) is 18.5. The minimum atomic E-state index is -0.351. The third kappa shape index (κ3) is 4.29. The predicted molar refractivity (Wildman–Crippen MR) is 84.5 cm³/mol. The molecule has 0 radical (unpaired) electrons. The fraction of sp³-hybridized carbons (Fsp3) is 0.533. The van der Waals surface area contributed by atoms with Crippen molar-refractivity contribution in [3.63, 3.8) is 0 Å². The molecule has 1 aromatic rings. The smallest absolute Gasteiger partial charge is 0.311 e. The maximum atomic E-state index is 12.4. The molecular weight excluding hydrogens is 302 g/mol. The van der Waals surface area contributed by atoms with Gasteiger partial charge >= 0.3 is 5.97 Å². The number of ether oxygens (including phenoxy) is 1. The van der Waals surface area contributed by atoms with E-state index in [9.17, 15) is 9.59 Å². The summed E-state index contributed by atoms with van der Waals surface area (Å²) in [5, 5.41) is 5.06. The maximum Gasteiger partial charge on any atom is 0.311 e. The lowest BCUT2D eigenvalue weighted by Crippen LogP contribution is -2.47. The van der Waals surface area contributed by atoms with Crippen molar-refractivity contribution < 1.29 is 14.3 Å². The third-order valence-corrected chi connectivity index (χ3v) is 4.35. The fourth-order valence-corrected chi connectivity index (χ4v) is 3.16. The van der Waals surface area contributed by atoms with Crippen molar-refractivity contribution in [1.29, 1.82) is 0 Å². The number of carbonyl (C=O) groups excluding carboxylic acids is 2. The van der Waals surface area contributed by atoms with Crippen molar-refractivity contribution >= 4 is 28.3 Å². The van der Waals surface area contributed by atoms with Crippen LogP contribution in [-0.4, -0.2) is 48.0 Å². The second kappa shape index (κ2) is 7.92. The molecule has 0 spiro atoms. The number of aromatic nitrogens is 1. The highest BCUT2D eigenvalue weighted by atomic mass is 32.1. The molecule has 0 aliphatic carbocycles. The number of thiazole rings is 1. The number of nitrogens with zero attached hydrogens (tertiary/aromatic N) is 2. The Kier molecular flexibility index (Phi) is 5.92. The summed E-state index contributed by atoms with van der Waals surface area (Å²) >= 11 is 1.30. The van der Waals surface area contributed by atoms with Crippen LogP contribution in [0.1, 0.15) is 25.0 Å². The minimum Gasteiger partial charge on any atom is -0.469 e. The van der Waals surface area contributed by atoms with E-state index in [2.05, 4.69) is 21.0 Å².